The van der Waals surface area contributed by atoms with Crippen LogP contribution in [0.2, 0.25) is 0 Å². The number of nitro benzene ring substituents is 1. The molecule has 0 heterocycles. The molecule has 0 fully saturated rings. The quantitative estimate of drug-likeness (QED) is 0.372. The number of rotatable bonds is 3. The maximum atomic E-state index is 10.5. The average Bonchev–Trinajstić information content (AvgIpc) is 2.16. The first-order chi connectivity index (χ1) is 6.17. The molecule has 1 aromatic carbocycles. The van der Waals surface area contributed by atoms with Gasteiger partial charge in [0, 0.05) is 10.5 Å². The van der Waals surface area contributed by atoms with E-state index in [2.05, 4.69) is 22.6 Å². The Morgan fingerprint density at radius 3 is 2.69 bits per heavy atom. The molecule has 0 radical (unpaired) electrons. The van der Waals surface area contributed by atoms with Crippen LogP contribution in [0.1, 0.15) is 5.56 Å². The zero-order valence-corrected chi connectivity index (χ0v) is 9.15. The molecule has 0 N–H and O–H groups in total. The van der Waals surface area contributed by atoms with Crippen molar-refractivity contribution >= 4 is 28.3 Å². The second kappa shape index (κ2) is 4.40. The lowest BCUT2D eigenvalue weighted by molar-refractivity contribution is -0.385. The third-order valence-corrected chi connectivity index (χ3v) is 2.43. The Morgan fingerprint density at radius 1 is 1.54 bits per heavy atom. The van der Waals surface area contributed by atoms with Crippen LogP contribution in [-0.4, -0.2) is 12.0 Å². The van der Waals surface area contributed by atoms with Gasteiger partial charge in [-0.2, -0.15) is 0 Å². The summed E-state index contributed by atoms with van der Waals surface area (Å²) >= 11 is 2.15. The van der Waals surface area contributed by atoms with Gasteiger partial charge in [0.05, 0.1) is 18.1 Å². The summed E-state index contributed by atoms with van der Waals surface area (Å²) in [5, 5.41) is 10.5. The number of hydrogen-bond acceptors (Lipinski definition) is 3. The fourth-order valence-corrected chi connectivity index (χ4v) is 1.38. The Hall–Kier alpha value is -0.850. The van der Waals surface area contributed by atoms with Crippen LogP contribution in [0, 0.1) is 10.1 Å². The number of alkyl halides is 1. The maximum Gasteiger partial charge on any atom is 0.273 e. The van der Waals surface area contributed by atoms with Gasteiger partial charge in [0.1, 0.15) is 5.75 Å². The van der Waals surface area contributed by atoms with E-state index >= 15 is 0 Å². The molecular formula is C8H8INO3. The predicted octanol–water partition coefficient (Wildman–Crippen LogP) is 2.54. The second-order valence-corrected chi connectivity index (χ2v) is 3.19. The van der Waals surface area contributed by atoms with Gasteiger partial charge in [0.2, 0.25) is 0 Å². The third-order valence-electron chi connectivity index (χ3n) is 1.55. The minimum Gasteiger partial charge on any atom is -0.496 e. The lowest BCUT2D eigenvalue weighted by Gasteiger charge is -2.01. The van der Waals surface area contributed by atoms with Gasteiger partial charge in [-0.3, -0.25) is 10.1 Å². The Bertz CT molecular complexity index is 305. The van der Waals surface area contributed by atoms with E-state index in [9.17, 15) is 10.1 Å². The van der Waals surface area contributed by atoms with E-state index in [-0.39, 0.29) is 5.69 Å². The molecule has 5 heteroatoms. The maximum absolute atomic E-state index is 10.5. The molecule has 0 aromatic heterocycles. The summed E-state index contributed by atoms with van der Waals surface area (Å²) in [5.41, 5.74) is 0.970. The Kier molecular flexibility index (Phi) is 3.47. The zero-order chi connectivity index (χ0) is 9.84. The van der Waals surface area contributed by atoms with Gasteiger partial charge in [-0.25, -0.2) is 0 Å². The van der Waals surface area contributed by atoms with E-state index < -0.39 is 4.92 Å². The average molecular weight is 293 g/mol. The standard InChI is InChI=1S/C8H8INO3/c1-13-8-3-6(5-9)2-7(4-8)10(11)12/h2-4H,5H2,1H3. The Labute approximate surface area is 89.2 Å². The normalized spacial score (nSPS) is 9.69. The molecule has 0 bridgehead atoms. The molecule has 0 aliphatic carbocycles. The summed E-state index contributed by atoms with van der Waals surface area (Å²) in [6.07, 6.45) is 0. The number of halogens is 1. The molecule has 0 aliphatic heterocycles. The molecule has 0 aliphatic rings. The van der Waals surface area contributed by atoms with Gasteiger partial charge in [0.15, 0.2) is 0 Å². The van der Waals surface area contributed by atoms with Crippen LogP contribution >= 0.6 is 22.6 Å². The Balaban J connectivity index is 3.14. The van der Waals surface area contributed by atoms with Crippen LogP contribution in [-0.2, 0) is 4.43 Å². The van der Waals surface area contributed by atoms with Crippen LogP contribution in [0.3, 0.4) is 0 Å². The van der Waals surface area contributed by atoms with Crippen LogP contribution in [0.15, 0.2) is 18.2 Å². The summed E-state index contributed by atoms with van der Waals surface area (Å²) in [7, 11) is 1.50. The number of methoxy groups -OCH3 is 1. The van der Waals surface area contributed by atoms with Gasteiger partial charge in [-0.15, -0.1) is 0 Å². The van der Waals surface area contributed by atoms with E-state index in [4.69, 9.17) is 4.74 Å². The van der Waals surface area contributed by atoms with Crippen LogP contribution in [0.25, 0.3) is 0 Å². The third kappa shape index (κ3) is 2.55. The van der Waals surface area contributed by atoms with Crippen molar-refractivity contribution in [3.8, 4) is 5.75 Å². The van der Waals surface area contributed by atoms with E-state index in [0.717, 1.165) is 9.99 Å². The molecule has 0 saturated carbocycles. The molecule has 0 spiro atoms. The van der Waals surface area contributed by atoms with Crippen LogP contribution < -0.4 is 4.74 Å². The van der Waals surface area contributed by atoms with Gasteiger partial charge < -0.3 is 4.74 Å². The number of benzene rings is 1. The molecule has 0 amide bonds. The monoisotopic (exact) mass is 293 g/mol. The van der Waals surface area contributed by atoms with Crippen molar-refractivity contribution in [1.82, 2.24) is 0 Å². The molecule has 0 saturated heterocycles. The fraction of sp³-hybridized carbons (Fsp3) is 0.250. The number of non-ortho nitro benzene ring substituents is 1. The summed E-state index contributed by atoms with van der Waals surface area (Å²) in [6.45, 7) is 0. The van der Waals surface area contributed by atoms with Crippen molar-refractivity contribution in [2.75, 3.05) is 7.11 Å². The van der Waals surface area contributed by atoms with Gasteiger partial charge in [-0.1, -0.05) is 22.6 Å². The highest BCUT2D eigenvalue weighted by Gasteiger charge is 2.08. The van der Waals surface area contributed by atoms with Crippen LogP contribution in [0.5, 0.6) is 5.75 Å². The van der Waals surface area contributed by atoms with E-state index in [1.54, 1.807) is 12.1 Å². The number of hydrogen-bond donors (Lipinski definition) is 0. The van der Waals surface area contributed by atoms with Crippen molar-refractivity contribution in [1.29, 1.82) is 0 Å². The summed E-state index contributed by atoms with van der Waals surface area (Å²) in [6, 6.07) is 4.75. The SMILES string of the molecule is COc1cc(CI)cc([N+](=O)[O-])c1. The summed E-state index contributed by atoms with van der Waals surface area (Å²) < 4.78 is 5.67. The number of ether oxygens (including phenoxy) is 1. The molecule has 4 nitrogen and oxygen atoms in total. The molecule has 0 atom stereocenters. The highest BCUT2D eigenvalue weighted by molar-refractivity contribution is 14.1. The van der Waals surface area contributed by atoms with Gasteiger partial charge in [-0.05, 0) is 11.6 Å². The van der Waals surface area contributed by atoms with Crippen molar-refractivity contribution in [3.05, 3.63) is 33.9 Å². The topological polar surface area (TPSA) is 52.4 Å². The summed E-state index contributed by atoms with van der Waals surface area (Å²) in [4.78, 5) is 10.1. The predicted molar refractivity (Wildman–Crippen MR) is 57.4 cm³/mol. The van der Waals surface area contributed by atoms with Gasteiger partial charge >= 0.3 is 0 Å². The zero-order valence-electron chi connectivity index (χ0n) is 6.99. The highest BCUT2D eigenvalue weighted by Crippen LogP contribution is 2.23. The second-order valence-electron chi connectivity index (χ2n) is 2.43. The van der Waals surface area contributed by atoms with Crippen molar-refractivity contribution in [2.45, 2.75) is 4.43 Å². The van der Waals surface area contributed by atoms with E-state index in [0.29, 0.717) is 5.75 Å². The molecule has 1 aromatic rings. The largest absolute Gasteiger partial charge is 0.496 e. The van der Waals surface area contributed by atoms with E-state index in [1.807, 2.05) is 0 Å². The number of nitrogens with zero attached hydrogens (tertiary/aromatic N) is 1. The minimum absolute atomic E-state index is 0.0750. The first kappa shape index (κ1) is 10.2. The Morgan fingerprint density at radius 2 is 2.23 bits per heavy atom. The van der Waals surface area contributed by atoms with E-state index in [1.165, 1.54) is 13.2 Å². The lowest BCUT2D eigenvalue weighted by atomic mass is 10.2. The number of nitro groups is 1. The molecule has 70 valence electrons. The lowest BCUT2D eigenvalue weighted by Crippen LogP contribution is -1.92. The van der Waals surface area contributed by atoms with Crippen LogP contribution in [0.4, 0.5) is 5.69 Å². The minimum atomic E-state index is -0.418. The van der Waals surface area contributed by atoms with Crippen molar-refractivity contribution in [2.24, 2.45) is 0 Å². The fourth-order valence-electron chi connectivity index (χ4n) is 0.944. The first-order valence-corrected chi connectivity index (χ1v) is 5.08. The highest BCUT2D eigenvalue weighted by atomic mass is 127. The van der Waals surface area contributed by atoms with Crippen molar-refractivity contribution in [3.63, 3.8) is 0 Å². The van der Waals surface area contributed by atoms with Gasteiger partial charge in [0.25, 0.3) is 5.69 Å². The summed E-state index contributed by atoms with van der Waals surface area (Å²) in [5.74, 6) is 0.529. The molecule has 0 unspecified atom stereocenters. The molecule has 13 heavy (non-hydrogen) atoms. The van der Waals surface area contributed by atoms with Crippen molar-refractivity contribution < 1.29 is 9.66 Å². The molecule has 1 rings (SSSR count). The molecular weight excluding hydrogens is 285 g/mol. The first-order valence-electron chi connectivity index (χ1n) is 3.55. The smallest absolute Gasteiger partial charge is 0.273 e.